The molecule has 0 spiro atoms. The van der Waals surface area contributed by atoms with Crippen LogP contribution >= 0.6 is 0 Å². The van der Waals surface area contributed by atoms with E-state index in [0.717, 1.165) is 38.1 Å². The van der Waals surface area contributed by atoms with Crippen molar-refractivity contribution in [3.8, 4) is 0 Å². The van der Waals surface area contributed by atoms with Gasteiger partial charge in [0.25, 0.3) is 0 Å². The van der Waals surface area contributed by atoms with Crippen LogP contribution in [0.3, 0.4) is 0 Å². The average Bonchev–Trinajstić information content (AvgIpc) is 2.67. The normalized spacial score (nSPS) is 11.3. The van der Waals surface area contributed by atoms with Crippen LogP contribution in [0, 0.1) is 0 Å². The Morgan fingerprint density at radius 3 is 1.96 bits per heavy atom. The lowest BCUT2D eigenvalue weighted by Crippen LogP contribution is -2.17. The summed E-state index contributed by atoms with van der Waals surface area (Å²) in [5, 5.41) is 6.73. The first kappa shape index (κ1) is 17.7. The molecule has 0 atom stereocenters. The number of rotatable bonds is 6. The first-order chi connectivity index (χ1) is 13.4. The fourth-order valence-corrected chi connectivity index (χ4v) is 3.91. The van der Waals surface area contributed by atoms with E-state index in [1.54, 1.807) is 0 Å². The summed E-state index contributed by atoms with van der Waals surface area (Å²) in [6.45, 7) is 7.62. The van der Waals surface area contributed by atoms with Gasteiger partial charge in [-0.1, -0.05) is 61.7 Å². The number of hydrogen-bond acceptors (Lipinski definition) is 2. The van der Waals surface area contributed by atoms with Crippen molar-refractivity contribution in [1.82, 2.24) is 0 Å². The molecule has 0 aromatic heterocycles. The number of carbonyl (C=O) groups is 2. The zero-order valence-corrected chi connectivity index (χ0v) is 15.4. The Hall–Kier alpha value is -3.66. The van der Waals surface area contributed by atoms with Crippen molar-refractivity contribution in [1.29, 1.82) is 0 Å². The van der Waals surface area contributed by atoms with Crippen LogP contribution < -0.4 is 11.5 Å². The van der Waals surface area contributed by atoms with E-state index >= 15 is 0 Å². The standard InChI is InChI=1S/C24H20N2O2/c1-13(23(25)27)10-18-12-17-7-6-15-4-3-5-16-8-9-19(22(17)21(15)16)20(18)11-14(2)24(26)28/h3-9,12H,1-2,10-11H2,(H2,25,27)(H2,26,28). The smallest absolute Gasteiger partial charge is 0.244 e. The number of amides is 2. The first-order valence-electron chi connectivity index (χ1n) is 9.00. The molecule has 28 heavy (non-hydrogen) atoms. The van der Waals surface area contributed by atoms with Crippen molar-refractivity contribution in [3.63, 3.8) is 0 Å². The molecule has 0 radical (unpaired) electrons. The number of benzene rings is 4. The molecular formula is C24H20N2O2. The van der Waals surface area contributed by atoms with E-state index < -0.39 is 11.8 Å². The molecule has 4 aromatic rings. The average molecular weight is 368 g/mol. The summed E-state index contributed by atoms with van der Waals surface area (Å²) in [5.41, 5.74) is 13.3. The molecule has 0 aliphatic carbocycles. The van der Waals surface area contributed by atoms with Crippen LogP contribution in [0.1, 0.15) is 11.1 Å². The second-order valence-electron chi connectivity index (χ2n) is 7.16. The molecule has 4 heteroatoms. The Labute approximate surface area is 162 Å². The summed E-state index contributed by atoms with van der Waals surface area (Å²) in [4.78, 5) is 23.2. The highest BCUT2D eigenvalue weighted by atomic mass is 16.1. The SMILES string of the molecule is C=C(Cc1cc2ccc3cccc4ccc(c1CC(=C)C(N)=O)c2c34)C(N)=O. The predicted octanol–water partition coefficient (Wildman–Crippen LogP) is 3.75. The maximum Gasteiger partial charge on any atom is 0.244 e. The number of primary amides is 2. The second kappa shape index (κ2) is 6.50. The van der Waals surface area contributed by atoms with E-state index in [1.165, 1.54) is 5.39 Å². The molecular weight excluding hydrogens is 348 g/mol. The molecule has 0 heterocycles. The van der Waals surface area contributed by atoms with Gasteiger partial charge in [0, 0.05) is 24.0 Å². The molecule has 2 amide bonds. The van der Waals surface area contributed by atoms with Crippen molar-refractivity contribution < 1.29 is 9.59 Å². The van der Waals surface area contributed by atoms with Crippen LogP contribution in [0.4, 0.5) is 0 Å². The highest BCUT2D eigenvalue weighted by molar-refractivity contribution is 6.24. The van der Waals surface area contributed by atoms with Gasteiger partial charge in [-0.3, -0.25) is 9.59 Å². The van der Waals surface area contributed by atoms with E-state index in [2.05, 4.69) is 49.6 Å². The Morgan fingerprint density at radius 2 is 1.32 bits per heavy atom. The largest absolute Gasteiger partial charge is 0.366 e. The molecule has 4 N–H and O–H groups in total. The highest BCUT2D eigenvalue weighted by Gasteiger charge is 2.18. The van der Waals surface area contributed by atoms with Crippen molar-refractivity contribution in [2.75, 3.05) is 0 Å². The van der Waals surface area contributed by atoms with Gasteiger partial charge in [-0.15, -0.1) is 0 Å². The lowest BCUT2D eigenvalue weighted by atomic mass is 9.85. The fourth-order valence-electron chi connectivity index (χ4n) is 3.91. The van der Waals surface area contributed by atoms with E-state index in [4.69, 9.17) is 11.5 Å². The van der Waals surface area contributed by atoms with E-state index in [9.17, 15) is 9.59 Å². The van der Waals surface area contributed by atoms with E-state index in [0.29, 0.717) is 24.0 Å². The molecule has 0 aliphatic heterocycles. The van der Waals surface area contributed by atoms with Gasteiger partial charge in [0.05, 0.1) is 0 Å². The molecule has 4 aromatic carbocycles. The Morgan fingerprint density at radius 1 is 0.750 bits per heavy atom. The molecule has 0 aliphatic rings. The topological polar surface area (TPSA) is 86.2 Å². The molecule has 4 nitrogen and oxygen atoms in total. The monoisotopic (exact) mass is 368 g/mol. The third-order valence-electron chi connectivity index (χ3n) is 5.34. The summed E-state index contributed by atoms with van der Waals surface area (Å²) in [6, 6.07) is 16.6. The summed E-state index contributed by atoms with van der Waals surface area (Å²) >= 11 is 0. The molecule has 0 bridgehead atoms. The van der Waals surface area contributed by atoms with Gasteiger partial charge in [-0.05, 0) is 43.4 Å². The summed E-state index contributed by atoms with van der Waals surface area (Å²) in [5.74, 6) is -1.07. The van der Waals surface area contributed by atoms with E-state index in [1.807, 2.05) is 12.1 Å². The second-order valence-corrected chi connectivity index (χ2v) is 7.16. The quantitative estimate of drug-likeness (QED) is 0.401. The van der Waals surface area contributed by atoms with Crippen LogP contribution in [0.5, 0.6) is 0 Å². The van der Waals surface area contributed by atoms with Crippen molar-refractivity contribution in [2.24, 2.45) is 11.5 Å². The molecule has 0 saturated carbocycles. The molecule has 138 valence electrons. The minimum atomic E-state index is -0.537. The molecule has 4 rings (SSSR count). The molecule has 0 fully saturated rings. The van der Waals surface area contributed by atoms with Crippen LogP contribution in [0.2, 0.25) is 0 Å². The molecule has 0 unspecified atom stereocenters. The first-order valence-corrected chi connectivity index (χ1v) is 9.00. The van der Waals surface area contributed by atoms with Gasteiger partial charge in [0.2, 0.25) is 11.8 Å². The minimum Gasteiger partial charge on any atom is -0.366 e. The van der Waals surface area contributed by atoms with Crippen LogP contribution in [0.25, 0.3) is 32.3 Å². The van der Waals surface area contributed by atoms with Crippen molar-refractivity contribution >= 4 is 44.1 Å². The van der Waals surface area contributed by atoms with Crippen molar-refractivity contribution in [3.05, 3.63) is 84.0 Å². The van der Waals surface area contributed by atoms with E-state index in [-0.39, 0.29) is 0 Å². The Balaban J connectivity index is 2.06. The third-order valence-corrected chi connectivity index (χ3v) is 5.34. The maximum absolute atomic E-state index is 11.6. The fraction of sp³-hybridized carbons (Fsp3) is 0.0833. The lowest BCUT2D eigenvalue weighted by Gasteiger charge is -2.18. The minimum absolute atomic E-state index is 0.310. The summed E-state index contributed by atoms with van der Waals surface area (Å²) in [7, 11) is 0. The Kier molecular flexibility index (Phi) is 4.12. The van der Waals surface area contributed by atoms with Gasteiger partial charge < -0.3 is 11.5 Å². The van der Waals surface area contributed by atoms with Crippen LogP contribution in [0.15, 0.2) is 72.8 Å². The lowest BCUT2D eigenvalue weighted by molar-refractivity contribution is -0.115. The van der Waals surface area contributed by atoms with Gasteiger partial charge in [0.15, 0.2) is 0 Å². The van der Waals surface area contributed by atoms with Gasteiger partial charge in [-0.2, -0.15) is 0 Å². The Bertz CT molecular complexity index is 1280. The zero-order valence-electron chi connectivity index (χ0n) is 15.4. The van der Waals surface area contributed by atoms with Crippen LogP contribution in [-0.4, -0.2) is 11.8 Å². The summed E-state index contributed by atoms with van der Waals surface area (Å²) in [6.07, 6.45) is 0.623. The van der Waals surface area contributed by atoms with Crippen LogP contribution in [-0.2, 0) is 22.4 Å². The highest BCUT2D eigenvalue weighted by Crippen LogP contribution is 2.38. The summed E-state index contributed by atoms with van der Waals surface area (Å²) < 4.78 is 0. The van der Waals surface area contributed by atoms with Crippen molar-refractivity contribution in [2.45, 2.75) is 12.8 Å². The third kappa shape index (κ3) is 2.79. The van der Waals surface area contributed by atoms with Gasteiger partial charge >= 0.3 is 0 Å². The molecule has 0 saturated heterocycles. The maximum atomic E-state index is 11.6. The van der Waals surface area contributed by atoms with Gasteiger partial charge in [-0.25, -0.2) is 0 Å². The number of nitrogens with two attached hydrogens (primary N) is 2. The number of hydrogen-bond donors (Lipinski definition) is 2. The zero-order chi connectivity index (χ0) is 20.0. The number of carbonyl (C=O) groups excluding carboxylic acids is 2. The predicted molar refractivity (Wildman–Crippen MR) is 114 cm³/mol. The van der Waals surface area contributed by atoms with Gasteiger partial charge in [0.1, 0.15) is 0 Å².